The number of rotatable bonds is 3. The molecule has 1 aromatic carbocycles. The molecule has 2 aromatic rings. The third-order valence-electron chi connectivity index (χ3n) is 4.33. The van der Waals surface area contributed by atoms with Crippen LogP contribution in [0.15, 0.2) is 29.7 Å². The normalized spacial score (nSPS) is 17.6. The van der Waals surface area contributed by atoms with Gasteiger partial charge in [-0.1, -0.05) is 31.2 Å². The fourth-order valence-electron chi connectivity index (χ4n) is 3.30. The lowest BCUT2D eigenvalue weighted by atomic mass is 9.84. The third kappa shape index (κ3) is 2.50. The summed E-state index contributed by atoms with van der Waals surface area (Å²) in [5.74, 6) is 0.311. The van der Waals surface area contributed by atoms with E-state index in [1.54, 1.807) is 11.3 Å². The summed E-state index contributed by atoms with van der Waals surface area (Å²) in [6, 6.07) is 6.51. The van der Waals surface area contributed by atoms with Crippen molar-refractivity contribution in [1.29, 1.82) is 0 Å². The number of carbonyl (C=O) groups excluding carboxylic acids is 1. The van der Waals surface area contributed by atoms with Crippen molar-refractivity contribution < 1.29 is 4.79 Å². The van der Waals surface area contributed by atoms with Crippen LogP contribution >= 0.6 is 11.3 Å². The lowest BCUT2D eigenvalue weighted by molar-refractivity contribution is -0.116. The molecule has 0 saturated carbocycles. The molecular formula is C19H21NOS. The fourth-order valence-corrected chi connectivity index (χ4v) is 4.35. The van der Waals surface area contributed by atoms with Crippen molar-refractivity contribution in [3.63, 3.8) is 0 Å². The maximum Gasteiger partial charge on any atom is 0.225 e. The summed E-state index contributed by atoms with van der Waals surface area (Å²) in [6.45, 7) is 6.30. The SMILES string of the molecule is C/C=C\c1ccc2c(c1CC)NC(=O)CC2c1sccc1C. The van der Waals surface area contributed by atoms with Crippen molar-refractivity contribution in [3.05, 3.63) is 56.8 Å². The minimum absolute atomic E-state index is 0.123. The third-order valence-corrected chi connectivity index (χ3v) is 5.46. The van der Waals surface area contributed by atoms with Crippen molar-refractivity contribution in [1.82, 2.24) is 0 Å². The van der Waals surface area contributed by atoms with Gasteiger partial charge in [0.2, 0.25) is 5.91 Å². The number of fused-ring (bicyclic) bond motifs is 1. The summed E-state index contributed by atoms with van der Waals surface area (Å²) >= 11 is 1.76. The summed E-state index contributed by atoms with van der Waals surface area (Å²) in [5, 5.41) is 5.24. The number of thiophene rings is 1. The average Bonchev–Trinajstić information content (AvgIpc) is 2.92. The molecule has 3 heteroatoms. The maximum absolute atomic E-state index is 12.3. The average molecular weight is 311 g/mol. The quantitative estimate of drug-likeness (QED) is 0.837. The van der Waals surface area contributed by atoms with Crippen LogP contribution in [0.4, 0.5) is 5.69 Å². The van der Waals surface area contributed by atoms with Gasteiger partial charge in [-0.15, -0.1) is 11.3 Å². The number of hydrogen-bond acceptors (Lipinski definition) is 2. The maximum atomic E-state index is 12.3. The second kappa shape index (κ2) is 6.09. The van der Waals surface area contributed by atoms with Crippen molar-refractivity contribution in [2.24, 2.45) is 0 Å². The highest BCUT2D eigenvalue weighted by Crippen LogP contribution is 2.43. The lowest BCUT2D eigenvalue weighted by Crippen LogP contribution is -2.24. The smallest absolute Gasteiger partial charge is 0.225 e. The first-order chi connectivity index (χ1) is 10.7. The molecule has 1 aliphatic rings. The Labute approximate surface area is 135 Å². The van der Waals surface area contributed by atoms with Crippen LogP contribution in [0.25, 0.3) is 6.08 Å². The van der Waals surface area contributed by atoms with Gasteiger partial charge in [-0.2, -0.15) is 0 Å². The molecule has 0 bridgehead atoms. The highest BCUT2D eigenvalue weighted by atomic mass is 32.1. The van der Waals surface area contributed by atoms with E-state index >= 15 is 0 Å². The number of hydrogen-bond donors (Lipinski definition) is 1. The molecule has 0 fully saturated rings. The molecule has 2 nitrogen and oxygen atoms in total. The van der Waals surface area contributed by atoms with E-state index in [0.717, 1.165) is 12.1 Å². The molecule has 2 heterocycles. The summed E-state index contributed by atoms with van der Waals surface area (Å²) in [4.78, 5) is 13.6. The van der Waals surface area contributed by atoms with Gasteiger partial charge in [-0.25, -0.2) is 0 Å². The van der Waals surface area contributed by atoms with Gasteiger partial charge in [0, 0.05) is 22.9 Å². The molecule has 1 unspecified atom stereocenters. The molecule has 0 saturated heterocycles. The minimum atomic E-state index is 0.123. The summed E-state index contributed by atoms with van der Waals surface area (Å²) in [7, 11) is 0. The van der Waals surface area contributed by atoms with E-state index in [-0.39, 0.29) is 11.8 Å². The predicted molar refractivity (Wildman–Crippen MR) is 94.7 cm³/mol. The van der Waals surface area contributed by atoms with Crippen LogP contribution in [0.2, 0.25) is 0 Å². The molecule has 1 aromatic heterocycles. The van der Waals surface area contributed by atoms with Crippen LogP contribution < -0.4 is 5.32 Å². The van der Waals surface area contributed by atoms with Crippen molar-refractivity contribution in [2.75, 3.05) is 5.32 Å². The summed E-state index contributed by atoms with van der Waals surface area (Å²) in [6.07, 6.45) is 5.62. The Morgan fingerprint density at radius 3 is 2.82 bits per heavy atom. The van der Waals surface area contributed by atoms with E-state index in [9.17, 15) is 4.79 Å². The van der Waals surface area contributed by atoms with E-state index in [1.165, 1.54) is 27.1 Å². The van der Waals surface area contributed by atoms with Gasteiger partial charge >= 0.3 is 0 Å². The monoisotopic (exact) mass is 311 g/mol. The standard InChI is InChI=1S/C19H21NOS/c1-4-6-13-7-8-15-16(19-12(3)9-10-22-19)11-17(21)20-18(15)14(13)5-2/h4,6-10,16H,5,11H2,1-3H3,(H,20,21)/b6-4-. The van der Waals surface area contributed by atoms with E-state index in [2.05, 4.69) is 48.8 Å². The Kier molecular flexibility index (Phi) is 4.16. The first-order valence-corrected chi connectivity index (χ1v) is 8.66. The van der Waals surface area contributed by atoms with Crippen LogP contribution in [-0.2, 0) is 11.2 Å². The molecule has 3 rings (SSSR count). The van der Waals surface area contributed by atoms with Gasteiger partial charge in [0.15, 0.2) is 0 Å². The topological polar surface area (TPSA) is 29.1 Å². The minimum Gasteiger partial charge on any atom is -0.326 e. The highest BCUT2D eigenvalue weighted by Gasteiger charge is 2.30. The van der Waals surface area contributed by atoms with Crippen LogP contribution in [-0.4, -0.2) is 5.91 Å². The first kappa shape index (κ1) is 15.0. The van der Waals surface area contributed by atoms with Crippen molar-refractivity contribution in [3.8, 4) is 0 Å². The van der Waals surface area contributed by atoms with E-state index in [4.69, 9.17) is 0 Å². The highest BCUT2D eigenvalue weighted by molar-refractivity contribution is 7.10. The van der Waals surface area contributed by atoms with E-state index in [1.807, 2.05) is 13.0 Å². The second-order valence-electron chi connectivity index (χ2n) is 5.72. The van der Waals surface area contributed by atoms with Gasteiger partial charge < -0.3 is 5.32 Å². The zero-order valence-electron chi connectivity index (χ0n) is 13.3. The van der Waals surface area contributed by atoms with Gasteiger partial charge in [-0.3, -0.25) is 4.79 Å². The number of amides is 1. The number of nitrogens with one attached hydrogen (secondary N) is 1. The molecule has 1 amide bonds. The molecule has 1 aliphatic heterocycles. The zero-order valence-corrected chi connectivity index (χ0v) is 14.1. The van der Waals surface area contributed by atoms with Crippen molar-refractivity contribution in [2.45, 2.75) is 39.5 Å². The van der Waals surface area contributed by atoms with E-state index < -0.39 is 0 Å². The van der Waals surface area contributed by atoms with Crippen LogP contribution in [0, 0.1) is 6.92 Å². The Hall–Kier alpha value is -1.87. The number of allylic oxidation sites excluding steroid dienone is 1. The molecule has 0 aliphatic carbocycles. The van der Waals surface area contributed by atoms with Crippen molar-refractivity contribution >= 4 is 29.0 Å². The molecule has 1 atom stereocenters. The lowest BCUT2D eigenvalue weighted by Gasteiger charge is -2.28. The Bertz CT molecular complexity index is 742. The molecule has 0 radical (unpaired) electrons. The Balaban J connectivity index is 2.18. The Morgan fingerprint density at radius 2 is 2.18 bits per heavy atom. The van der Waals surface area contributed by atoms with Gasteiger partial charge in [0.05, 0.1) is 0 Å². The van der Waals surface area contributed by atoms with Gasteiger partial charge in [0.25, 0.3) is 0 Å². The zero-order chi connectivity index (χ0) is 15.7. The fraction of sp³-hybridized carbons (Fsp3) is 0.316. The first-order valence-electron chi connectivity index (χ1n) is 7.78. The van der Waals surface area contributed by atoms with Crippen LogP contribution in [0.1, 0.15) is 53.3 Å². The summed E-state index contributed by atoms with van der Waals surface area (Å²) in [5.41, 5.74) is 6.02. The summed E-state index contributed by atoms with van der Waals surface area (Å²) < 4.78 is 0. The number of carbonyl (C=O) groups is 1. The number of anilines is 1. The molecule has 1 N–H and O–H groups in total. The number of aryl methyl sites for hydroxylation is 1. The second-order valence-corrected chi connectivity index (χ2v) is 6.67. The molecule has 114 valence electrons. The molecule has 0 spiro atoms. The predicted octanol–water partition coefficient (Wildman–Crippen LogP) is 5.13. The van der Waals surface area contributed by atoms with Crippen LogP contribution in [0.3, 0.4) is 0 Å². The largest absolute Gasteiger partial charge is 0.326 e. The molecular weight excluding hydrogens is 290 g/mol. The Morgan fingerprint density at radius 1 is 1.36 bits per heavy atom. The van der Waals surface area contributed by atoms with E-state index in [0.29, 0.717) is 6.42 Å². The number of benzene rings is 1. The van der Waals surface area contributed by atoms with Crippen LogP contribution in [0.5, 0.6) is 0 Å². The molecule has 22 heavy (non-hydrogen) atoms. The van der Waals surface area contributed by atoms with Gasteiger partial charge in [0.1, 0.15) is 0 Å². The van der Waals surface area contributed by atoms with Gasteiger partial charge in [-0.05, 0) is 54.0 Å².